The lowest BCUT2D eigenvalue weighted by Gasteiger charge is -2.11. The topological polar surface area (TPSA) is 81.2 Å². The Morgan fingerprint density at radius 3 is 2.67 bits per heavy atom. The van der Waals surface area contributed by atoms with Gasteiger partial charge in [0.25, 0.3) is 0 Å². The van der Waals surface area contributed by atoms with Gasteiger partial charge in [-0.3, -0.25) is 0 Å². The molecule has 27 heavy (non-hydrogen) atoms. The molecule has 0 amide bonds. The molecule has 2 aromatic carbocycles. The normalized spacial score (nSPS) is 10.4. The number of benzene rings is 2. The molecule has 0 radical (unpaired) electrons. The predicted molar refractivity (Wildman–Crippen MR) is 106 cm³/mol. The van der Waals surface area contributed by atoms with Gasteiger partial charge in [0, 0.05) is 17.3 Å². The van der Waals surface area contributed by atoms with E-state index in [4.69, 9.17) is 21.1 Å². The highest BCUT2D eigenvalue weighted by molar-refractivity contribution is 6.31. The first-order valence-corrected chi connectivity index (χ1v) is 8.65. The summed E-state index contributed by atoms with van der Waals surface area (Å²) in [7, 11) is 3.21. The molecule has 140 valence electrons. The number of methoxy groups -OCH3 is 2. The van der Waals surface area contributed by atoms with Crippen LogP contribution in [0.3, 0.4) is 0 Å². The van der Waals surface area contributed by atoms with Crippen LogP contribution in [0.2, 0.25) is 5.02 Å². The number of ether oxygens (including phenoxy) is 2. The van der Waals surface area contributed by atoms with E-state index in [1.807, 2.05) is 43.3 Å². The van der Waals surface area contributed by atoms with Gasteiger partial charge in [-0.25, -0.2) is 0 Å². The first-order valence-electron chi connectivity index (χ1n) is 8.27. The zero-order valence-electron chi connectivity index (χ0n) is 15.3. The van der Waals surface area contributed by atoms with E-state index in [9.17, 15) is 0 Å². The van der Waals surface area contributed by atoms with E-state index in [0.29, 0.717) is 34.8 Å². The van der Waals surface area contributed by atoms with Crippen LogP contribution < -0.4 is 20.1 Å². The molecule has 0 saturated carbocycles. The van der Waals surface area contributed by atoms with Gasteiger partial charge in [0.05, 0.1) is 20.4 Å². The third-order valence-corrected chi connectivity index (χ3v) is 4.40. The van der Waals surface area contributed by atoms with E-state index in [1.165, 1.54) is 0 Å². The first-order chi connectivity index (χ1) is 13.1. The molecule has 2 N–H and O–H groups in total. The van der Waals surface area contributed by atoms with Crippen LogP contribution in [0.4, 0.5) is 17.5 Å². The highest BCUT2D eigenvalue weighted by atomic mass is 35.5. The lowest BCUT2D eigenvalue weighted by Crippen LogP contribution is -2.07. The highest BCUT2D eigenvalue weighted by Gasteiger charge is 2.07. The van der Waals surface area contributed by atoms with Crippen LogP contribution in [0.25, 0.3) is 0 Å². The van der Waals surface area contributed by atoms with E-state index < -0.39 is 0 Å². The number of halogens is 1. The number of nitrogens with one attached hydrogen (secondary N) is 2. The molecule has 8 heteroatoms. The molecule has 0 saturated heterocycles. The summed E-state index contributed by atoms with van der Waals surface area (Å²) < 4.78 is 10.6. The second kappa shape index (κ2) is 8.55. The van der Waals surface area contributed by atoms with Crippen LogP contribution in [0.15, 0.2) is 42.6 Å². The number of anilines is 3. The summed E-state index contributed by atoms with van der Waals surface area (Å²) in [5, 5.41) is 15.1. The first kappa shape index (κ1) is 18.7. The van der Waals surface area contributed by atoms with Crippen molar-refractivity contribution in [2.45, 2.75) is 13.5 Å². The Balaban J connectivity index is 1.70. The molecule has 3 aromatic rings. The summed E-state index contributed by atoms with van der Waals surface area (Å²) in [6.07, 6.45) is 1.56. The minimum absolute atomic E-state index is 0.412. The van der Waals surface area contributed by atoms with E-state index in [-0.39, 0.29) is 0 Å². The molecule has 0 bridgehead atoms. The average molecular weight is 386 g/mol. The lowest BCUT2D eigenvalue weighted by atomic mass is 10.2. The summed E-state index contributed by atoms with van der Waals surface area (Å²) in [5.41, 5.74) is 2.81. The smallest absolute Gasteiger partial charge is 0.244 e. The van der Waals surface area contributed by atoms with Gasteiger partial charge >= 0.3 is 0 Å². The van der Waals surface area contributed by atoms with E-state index in [1.54, 1.807) is 20.4 Å². The van der Waals surface area contributed by atoms with Crippen molar-refractivity contribution >= 4 is 29.1 Å². The van der Waals surface area contributed by atoms with Gasteiger partial charge in [0.1, 0.15) is 0 Å². The van der Waals surface area contributed by atoms with Gasteiger partial charge in [-0.1, -0.05) is 23.7 Å². The second-order valence-corrected chi connectivity index (χ2v) is 6.15. The Hall–Kier alpha value is -3.06. The van der Waals surface area contributed by atoms with Crippen molar-refractivity contribution in [1.29, 1.82) is 0 Å². The van der Waals surface area contributed by atoms with Gasteiger partial charge in [0.2, 0.25) is 5.95 Å². The molecule has 0 unspecified atom stereocenters. The Bertz CT molecular complexity index is 936. The van der Waals surface area contributed by atoms with E-state index in [0.717, 1.165) is 16.8 Å². The van der Waals surface area contributed by atoms with E-state index in [2.05, 4.69) is 25.8 Å². The summed E-state index contributed by atoms with van der Waals surface area (Å²) >= 11 is 6.16. The molecule has 0 aliphatic carbocycles. The Labute approximate surface area is 162 Å². The highest BCUT2D eigenvalue weighted by Crippen LogP contribution is 2.28. The molecule has 7 nitrogen and oxygen atoms in total. The maximum Gasteiger partial charge on any atom is 0.244 e. The Morgan fingerprint density at radius 1 is 1.07 bits per heavy atom. The second-order valence-electron chi connectivity index (χ2n) is 5.75. The summed E-state index contributed by atoms with van der Waals surface area (Å²) in [6, 6.07) is 11.4. The van der Waals surface area contributed by atoms with Crippen molar-refractivity contribution in [3.63, 3.8) is 0 Å². The molecule has 1 heterocycles. The zero-order chi connectivity index (χ0) is 19.2. The fourth-order valence-corrected chi connectivity index (χ4v) is 2.67. The fraction of sp³-hybridized carbons (Fsp3) is 0.211. The summed E-state index contributed by atoms with van der Waals surface area (Å²) in [5.74, 6) is 2.34. The standard InChI is InChI=1S/C19H20ClN5O2/c1-12-14(20)5-4-6-15(12)23-18-11-22-25-19(24-18)21-10-13-7-8-16(26-2)17(9-13)27-3/h4-9,11H,10H2,1-3H3,(H2,21,23,24,25). The SMILES string of the molecule is COc1ccc(CNc2nncc(Nc3cccc(Cl)c3C)n2)cc1OC. The van der Waals surface area contributed by atoms with Gasteiger partial charge in [-0.2, -0.15) is 10.1 Å². The zero-order valence-corrected chi connectivity index (χ0v) is 16.0. The van der Waals surface area contributed by atoms with Crippen LogP contribution in [-0.2, 0) is 6.54 Å². The average Bonchev–Trinajstić information content (AvgIpc) is 2.70. The maximum atomic E-state index is 6.16. The number of hydrogen-bond acceptors (Lipinski definition) is 7. The molecule has 3 rings (SSSR count). The quantitative estimate of drug-likeness (QED) is 0.630. The van der Waals surface area contributed by atoms with Crippen molar-refractivity contribution < 1.29 is 9.47 Å². The van der Waals surface area contributed by atoms with Crippen LogP contribution in [0.1, 0.15) is 11.1 Å². The molecular formula is C19H20ClN5O2. The number of nitrogens with zero attached hydrogens (tertiary/aromatic N) is 3. The monoisotopic (exact) mass is 385 g/mol. The third-order valence-electron chi connectivity index (χ3n) is 3.99. The van der Waals surface area contributed by atoms with Crippen LogP contribution in [-0.4, -0.2) is 29.4 Å². The predicted octanol–water partition coefficient (Wildman–Crippen LogP) is 4.21. The minimum atomic E-state index is 0.412. The third kappa shape index (κ3) is 4.57. The summed E-state index contributed by atoms with van der Waals surface area (Å²) in [6.45, 7) is 2.46. The van der Waals surface area contributed by atoms with Gasteiger partial charge in [-0.05, 0) is 42.3 Å². The fourth-order valence-electron chi connectivity index (χ4n) is 2.49. The number of rotatable bonds is 7. The van der Waals surface area contributed by atoms with Crippen LogP contribution in [0, 0.1) is 6.92 Å². The van der Waals surface area contributed by atoms with Crippen LogP contribution in [0.5, 0.6) is 11.5 Å². The molecule has 1 aromatic heterocycles. The summed E-state index contributed by atoms with van der Waals surface area (Å²) in [4.78, 5) is 4.44. The van der Waals surface area contributed by atoms with Crippen molar-refractivity contribution in [1.82, 2.24) is 15.2 Å². The van der Waals surface area contributed by atoms with Crippen molar-refractivity contribution in [3.8, 4) is 11.5 Å². The van der Waals surface area contributed by atoms with Crippen molar-refractivity contribution in [2.75, 3.05) is 24.9 Å². The molecule has 0 fully saturated rings. The Morgan fingerprint density at radius 2 is 1.89 bits per heavy atom. The van der Waals surface area contributed by atoms with Crippen molar-refractivity contribution in [2.24, 2.45) is 0 Å². The van der Waals surface area contributed by atoms with Gasteiger partial charge in [0.15, 0.2) is 17.3 Å². The number of aromatic nitrogens is 3. The van der Waals surface area contributed by atoms with Gasteiger partial charge < -0.3 is 20.1 Å². The van der Waals surface area contributed by atoms with Crippen molar-refractivity contribution in [3.05, 3.63) is 58.7 Å². The molecule has 0 spiro atoms. The van der Waals surface area contributed by atoms with Gasteiger partial charge in [-0.15, -0.1) is 5.10 Å². The minimum Gasteiger partial charge on any atom is -0.493 e. The molecule has 0 aliphatic heterocycles. The molecule has 0 atom stereocenters. The largest absolute Gasteiger partial charge is 0.493 e. The number of hydrogen-bond donors (Lipinski definition) is 2. The maximum absolute atomic E-state index is 6.16. The Kier molecular flexibility index (Phi) is 5.93. The van der Waals surface area contributed by atoms with E-state index >= 15 is 0 Å². The lowest BCUT2D eigenvalue weighted by molar-refractivity contribution is 0.354. The van der Waals surface area contributed by atoms with Crippen LogP contribution >= 0.6 is 11.6 Å². The molecule has 0 aliphatic rings. The molecular weight excluding hydrogens is 366 g/mol.